The van der Waals surface area contributed by atoms with E-state index in [0.29, 0.717) is 9.92 Å². The van der Waals surface area contributed by atoms with Crippen molar-refractivity contribution in [1.82, 2.24) is 9.88 Å². The van der Waals surface area contributed by atoms with Crippen molar-refractivity contribution < 1.29 is 9.00 Å². The van der Waals surface area contributed by atoms with Crippen LogP contribution in [0.25, 0.3) is 0 Å². The molecule has 1 aliphatic carbocycles. The summed E-state index contributed by atoms with van der Waals surface area (Å²) < 4.78 is 12.6. The summed E-state index contributed by atoms with van der Waals surface area (Å²) in [4.78, 5) is 20.4. The molecule has 0 radical (unpaired) electrons. The van der Waals surface area contributed by atoms with Gasteiger partial charge in [-0.3, -0.25) is 4.79 Å². The van der Waals surface area contributed by atoms with E-state index in [1.54, 1.807) is 24.4 Å². The zero-order valence-corrected chi connectivity index (χ0v) is 17.1. The van der Waals surface area contributed by atoms with Crippen LogP contribution in [-0.4, -0.2) is 39.0 Å². The Bertz CT molecular complexity index is 808. The molecule has 2 aliphatic rings. The number of hydrogen-bond acceptors (Lipinski definition) is 4. The van der Waals surface area contributed by atoms with Crippen molar-refractivity contribution >= 4 is 16.6 Å². The third-order valence-electron chi connectivity index (χ3n) is 6.17. The fourth-order valence-corrected chi connectivity index (χ4v) is 5.51. The molecule has 4 nitrogen and oxygen atoms in total. The second kappa shape index (κ2) is 9.10. The zero-order chi connectivity index (χ0) is 19.3. The van der Waals surface area contributed by atoms with Gasteiger partial charge in [0, 0.05) is 28.6 Å². The highest BCUT2D eigenvalue weighted by atomic mass is 32.2. The van der Waals surface area contributed by atoms with Crippen molar-refractivity contribution in [3.8, 4) is 0 Å². The second-order valence-corrected chi connectivity index (χ2v) is 9.35. The summed E-state index contributed by atoms with van der Waals surface area (Å²) >= 11 is 0. The SMILES string of the molecule is O=C(c1ccc(S(=O)c2ccccn2)cc1)C1CCN(C2CCCCC2)CC1. The molecule has 0 N–H and O–H groups in total. The Morgan fingerprint density at radius 1 is 0.929 bits per heavy atom. The van der Waals surface area contributed by atoms with Crippen LogP contribution in [0.5, 0.6) is 0 Å². The van der Waals surface area contributed by atoms with Crippen molar-refractivity contribution in [2.75, 3.05) is 13.1 Å². The van der Waals surface area contributed by atoms with Crippen molar-refractivity contribution in [3.05, 3.63) is 54.2 Å². The molecule has 1 atom stereocenters. The molecule has 2 heterocycles. The molecule has 1 aromatic heterocycles. The van der Waals surface area contributed by atoms with Crippen molar-refractivity contribution in [1.29, 1.82) is 0 Å². The zero-order valence-electron chi connectivity index (χ0n) is 16.3. The molecule has 1 unspecified atom stereocenters. The van der Waals surface area contributed by atoms with Gasteiger partial charge in [0.2, 0.25) is 0 Å². The molecule has 5 heteroatoms. The molecular formula is C23H28N2O2S. The van der Waals surface area contributed by atoms with E-state index in [0.717, 1.165) is 37.5 Å². The van der Waals surface area contributed by atoms with Gasteiger partial charge in [0.15, 0.2) is 5.78 Å². The van der Waals surface area contributed by atoms with Crippen molar-refractivity contribution in [3.63, 3.8) is 0 Å². The third kappa shape index (κ3) is 4.41. The van der Waals surface area contributed by atoms with E-state index in [9.17, 15) is 9.00 Å². The first-order valence-electron chi connectivity index (χ1n) is 10.4. The van der Waals surface area contributed by atoms with Crippen LogP contribution < -0.4 is 0 Å². The normalized spacial score (nSPS) is 20.7. The Labute approximate surface area is 169 Å². The number of hydrogen-bond donors (Lipinski definition) is 0. The minimum Gasteiger partial charge on any atom is -0.300 e. The Hall–Kier alpha value is -1.85. The Morgan fingerprint density at radius 3 is 2.29 bits per heavy atom. The molecule has 28 heavy (non-hydrogen) atoms. The first kappa shape index (κ1) is 19.5. The average molecular weight is 397 g/mol. The van der Waals surface area contributed by atoms with E-state index in [1.165, 1.54) is 32.1 Å². The fourth-order valence-electron chi connectivity index (χ4n) is 4.53. The first-order chi connectivity index (χ1) is 13.7. The summed E-state index contributed by atoms with van der Waals surface area (Å²) in [5.41, 5.74) is 0.734. The minimum absolute atomic E-state index is 0.118. The monoisotopic (exact) mass is 396 g/mol. The van der Waals surface area contributed by atoms with Gasteiger partial charge in [-0.05, 0) is 63.0 Å². The van der Waals surface area contributed by atoms with Gasteiger partial charge in [-0.2, -0.15) is 0 Å². The largest absolute Gasteiger partial charge is 0.300 e. The molecule has 148 valence electrons. The van der Waals surface area contributed by atoms with Gasteiger partial charge in [0.25, 0.3) is 0 Å². The highest BCUT2D eigenvalue weighted by Crippen LogP contribution is 2.29. The molecule has 0 amide bonds. The van der Waals surface area contributed by atoms with E-state index in [1.807, 2.05) is 24.3 Å². The number of nitrogens with zero attached hydrogens (tertiary/aromatic N) is 2. The number of Topliss-reactive ketones (excluding diaryl/α,β-unsaturated/α-hetero) is 1. The average Bonchev–Trinajstić information content (AvgIpc) is 2.79. The lowest BCUT2D eigenvalue weighted by Gasteiger charge is -2.39. The lowest BCUT2D eigenvalue weighted by atomic mass is 9.86. The van der Waals surface area contributed by atoms with E-state index in [2.05, 4.69) is 9.88 Å². The van der Waals surface area contributed by atoms with Crippen LogP contribution in [0.15, 0.2) is 58.6 Å². The minimum atomic E-state index is -1.31. The summed E-state index contributed by atoms with van der Waals surface area (Å²) in [5, 5.41) is 0.539. The van der Waals surface area contributed by atoms with Gasteiger partial charge in [0.1, 0.15) is 15.8 Å². The molecular weight excluding hydrogens is 368 g/mol. The van der Waals surface area contributed by atoms with Crippen LogP contribution in [0.4, 0.5) is 0 Å². The van der Waals surface area contributed by atoms with E-state index in [-0.39, 0.29) is 11.7 Å². The third-order valence-corrected chi connectivity index (χ3v) is 7.49. The number of carbonyl (C=O) groups excluding carboxylic acids is 1. The number of pyridine rings is 1. The fraction of sp³-hybridized carbons (Fsp3) is 0.478. The molecule has 4 rings (SSSR count). The number of rotatable bonds is 5. The molecule has 2 fully saturated rings. The highest BCUT2D eigenvalue weighted by Gasteiger charge is 2.29. The van der Waals surface area contributed by atoms with Crippen LogP contribution in [0, 0.1) is 5.92 Å². The predicted molar refractivity (Wildman–Crippen MR) is 111 cm³/mol. The summed E-state index contributed by atoms with van der Waals surface area (Å²) in [7, 11) is -1.31. The van der Waals surface area contributed by atoms with Gasteiger partial charge >= 0.3 is 0 Å². The Kier molecular flexibility index (Phi) is 6.33. The van der Waals surface area contributed by atoms with E-state index < -0.39 is 10.8 Å². The predicted octanol–water partition coefficient (Wildman–Crippen LogP) is 4.48. The van der Waals surface area contributed by atoms with E-state index >= 15 is 0 Å². The van der Waals surface area contributed by atoms with Crippen LogP contribution in [0.2, 0.25) is 0 Å². The smallest absolute Gasteiger partial charge is 0.166 e. The second-order valence-electron chi connectivity index (χ2n) is 7.93. The van der Waals surface area contributed by atoms with Gasteiger partial charge in [0.05, 0.1) is 0 Å². The van der Waals surface area contributed by atoms with Crippen LogP contribution >= 0.6 is 0 Å². The Morgan fingerprint density at radius 2 is 1.64 bits per heavy atom. The number of aromatic nitrogens is 1. The molecule has 0 spiro atoms. The maximum absolute atomic E-state index is 12.9. The maximum atomic E-state index is 12.9. The first-order valence-corrected chi connectivity index (χ1v) is 11.6. The molecule has 1 saturated carbocycles. The van der Waals surface area contributed by atoms with Crippen molar-refractivity contribution in [2.45, 2.75) is 60.9 Å². The van der Waals surface area contributed by atoms with Crippen molar-refractivity contribution in [2.24, 2.45) is 5.92 Å². The van der Waals surface area contributed by atoms with E-state index in [4.69, 9.17) is 0 Å². The molecule has 2 aromatic rings. The number of carbonyl (C=O) groups is 1. The van der Waals surface area contributed by atoms with Gasteiger partial charge in [-0.15, -0.1) is 0 Å². The summed E-state index contributed by atoms with van der Waals surface area (Å²) in [6.07, 6.45) is 10.3. The number of likely N-dealkylation sites (tertiary alicyclic amines) is 1. The molecule has 1 aromatic carbocycles. The quantitative estimate of drug-likeness (QED) is 0.700. The molecule has 0 bridgehead atoms. The highest BCUT2D eigenvalue weighted by molar-refractivity contribution is 7.85. The van der Waals surface area contributed by atoms with Crippen LogP contribution in [0.1, 0.15) is 55.3 Å². The van der Waals surface area contributed by atoms with Crippen LogP contribution in [-0.2, 0) is 10.8 Å². The molecule has 1 aliphatic heterocycles. The lowest BCUT2D eigenvalue weighted by Crippen LogP contribution is -2.43. The van der Waals surface area contributed by atoms with Gasteiger partial charge in [-0.25, -0.2) is 9.19 Å². The van der Waals surface area contributed by atoms with Gasteiger partial charge in [-0.1, -0.05) is 37.5 Å². The molecule has 1 saturated heterocycles. The lowest BCUT2D eigenvalue weighted by molar-refractivity contribution is 0.0747. The number of ketones is 1. The summed E-state index contributed by atoms with van der Waals surface area (Å²) in [5.74, 6) is 0.352. The van der Waals surface area contributed by atoms with Crippen LogP contribution in [0.3, 0.4) is 0 Å². The number of benzene rings is 1. The topological polar surface area (TPSA) is 50.3 Å². The summed E-state index contributed by atoms with van der Waals surface area (Å²) in [6.45, 7) is 2.09. The standard InChI is InChI=1S/C23H28N2O2S/c26-23(19-13-16-25(17-14-19)20-6-2-1-3-7-20)18-9-11-21(12-10-18)28(27)22-8-4-5-15-24-22/h4-5,8-12,15,19-20H,1-3,6-7,13-14,16-17H2. The van der Waals surface area contributed by atoms with Gasteiger partial charge < -0.3 is 4.90 Å². The maximum Gasteiger partial charge on any atom is 0.166 e. The Balaban J connectivity index is 1.36. The summed E-state index contributed by atoms with van der Waals surface area (Å²) in [6, 6.07) is 13.4. The number of piperidine rings is 1.